The number of hydrogen-bond donors (Lipinski definition) is 2. The predicted octanol–water partition coefficient (Wildman–Crippen LogP) is 2.06. The molecule has 2 N–H and O–H groups in total. The Morgan fingerprint density at radius 2 is 2.00 bits per heavy atom. The summed E-state index contributed by atoms with van der Waals surface area (Å²) >= 11 is 0. The lowest BCUT2D eigenvalue weighted by Crippen LogP contribution is -2.38. The van der Waals surface area contributed by atoms with Gasteiger partial charge in [0.2, 0.25) is 0 Å². The summed E-state index contributed by atoms with van der Waals surface area (Å²) in [6.45, 7) is 10.3. The van der Waals surface area contributed by atoms with Gasteiger partial charge in [0.15, 0.2) is 0 Å². The average molecular weight is 210 g/mol. The maximum atomic E-state index is 5.36. The lowest BCUT2D eigenvalue weighted by atomic mass is 10.2. The topological polar surface area (TPSA) is 37.2 Å². The Morgan fingerprint density at radius 1 is 1.27 bits per heavy atom. The van der Waals surface area contributed by atoms with Crippen molar-refractivity contribution in [1.29, 1.82) is 0 Å². The highest BCUT2D eigenvalue weighted by Gasteiger charge is 2.05. The summed E-state index contributed by atoms with van der Waals surface area (Å²) in [6.07, 6.45) is 1.74. The Hall–Kier alpha value is -0.800. The SMILES string of the molecule is Cc1ccoc1CNC(C)CNC(C)C. The van der Waals surface area contributed by atoms with Crippen LogP contribution in [0.1, 0.15) is 32.1 Å². The van der Waals surface area contributed by atoms with Crippen LogP contribution in [0.3, 0.4) is 0 Å². The molecule has 0 amide bonds. The maximum absolute atomic E-state index is 5.36. The number of rotatable bonds is 6. The van der Waals surface area contributed by atoms with Crippen LogP contribution in [0.25, 0.3) is 0 Å². The molecule has 0 fully saturated rings. The Bertz CT molecular complexity index is 281. The molecule has 0 bridgehead atoms. The van der Waals surface area contributed by atoms with Crippen LogP contribution in [-0.4, -0.2) is 18.6 Å². The molecule has 0 radical (unpaired) electrons. The fourth-order valence-electron chi connectivity index (χ4n) is 1.34. The molecule has 0 spiro atoms. The normalized spacial score (nSPS) is 13.4. The van der Waals surface area contributed by atoms with E-state index in [1.54, 1.807) is 6.26 Å². The van der Waals surface area contributed by atoms with Crippen LogP contribution >= 0.6 is 0 Å². The summed E-state index contributed by atoms with van der Waals surface area (Å²) < 4.78 is 5.36. The zero-order chi connectivity index (χ0) is 11.3. The molecule has 3 heteroatoms. The minimum Gasteiger partial charge on any atom is -0.468 e. The summed E-state index contributed by atoms with van der Waals surface area (Å²) in [5.74, 6) is 1.03. The molecule has 1 heterocycles. The molecule has 1 unspecified atom stereocenters. The number of aryl methyl sites for hydroxylation is 1. The zero-order valence-electron chi connectivity index (χ0n) is 10.1. The molecular formula is C12H22N2O. The van der Waals surface area contributed by atoms with Crippen molar-refractivity contribution in [3.05, 3.63) is 23.7 Å². The van der Waals surface area contributed by atoms with Gasteiger partial charge in [-0.2, -0.15) is 0 Å². The molecule has 1 atom stereocenters. The number of furan rings is 1. The number of hydrogen-bond acceptors (Lipinski definition) is 3. The van der Waals surface area contributed by atoms with Crippen molar-refractivity contribution in [2.24, 2.45) is 0 Å². The van der Waals surface area contributed by atoms with Crippen molar-refractivity contribution in [3.63, 3.8) is 0 Å². The fraction of sp³-hybridized carbons (Fsp3) is 0.667. The minimum absolute atomic E-state index is 0.455. The minimum atomic E-state index is 0.455. The third-order valence-electron chi connectivity index (χ3n) is 2.41. The first-order valence-electron chi connectivity index (χ1n) is 5.59. The van der Waals surface area contributed by atoms with E-state index in [-0.39, 0.29) is 0 Å². The smallest absolute Gasteiger partial charge is 0.120 e. The standard InChI is InChI=1S/C12H22N2O/c1-9(2)13-7-11(4)14-8-12-10(3)5-6-15-12/h5-6,9,11,13-14H,7-8H2,1-4H3. The summed E-state index contributed by atoms with van der Waals surface area (Å²) in [5, 5.41) is 6.82. The third-order valence-corrected chi connectivity index (χ3v) is 2.41. The summed E-state index contributed by atoms with van der Waals surface area (Å²) in [5.41, 5.74) is 1.21. The molecule has 1 rings (SSSR count). The van der Waals surface area contributed by atoms with Crippen LogP contribution < -0.4 is 10.6 Å². The summed E-state index contributed by atoms with van der Waals surface area (Å²) in [7, 11) is 0. The molecule has 86 valence electrons. The van der Waals surface area contributed by atoms with Crippen molar-refractivity contribution in [3.8, 4) is 0 Å². The monoisotopic (exact) mass is 210 g/mol. The van der Waals surface area contributed by atoms with Gasteiger partial charge in [-0.05, 0) is 25.5 Å². The predicted molar refractivity (Wildman–Crippen MR) is 62.9 cm³/mol. The van der Waals surface area contributed by atoms with E-state index in [2.05, 4.69) is 38.3 Å². The van der Waals surface area contributed by atoms with E-state index in [4.69, 9.17) is 4.42 Å². The Morgan fingerprint density at radius 3 is 2.53 bits per heavy atom. The van der Waals surface area contributed by atoms with Gasteiger partial charge in [0.25, 0.3) is 0 Å². The quantitative estimate of drug-likeness (QED) is 0.754. The molecule has 15 heavy (non-hydrogen) atoms. The van der Waals surface area contributed by atoms with Gasteiger partial charge in [-0.25, -0.2) is 0 Å². The van der Waals surface area contributed by atoms with E-state index in [1.807, 2.05) is 6.07 Å². The second-order valence-electron chi connectivity index (χ2n) is 4.37. The highest BCUT2D eigenvalue weighted by molar-refractivity contribution is 5.14. The lowest BCUT2D eigenvalue weighted by molar-refractivity contribution is 0.430. The molecule has 3 nitrogen and oxygen atoms in total. The van der Waals surface area contributed by atoms with Crippen molar-refractivity contribution < 1.29 is 4.42 Å². The third kappa shape index (κ3) is 4.49. The van der Waals surface area contributed by atoms with Gasteiger partial charge in [-0.3, -0.25) is 0 Å². The van der Waals surface area contributed by atoms with Gasteiger partial charge in [-0.15, -0.1) is 0 Å². The molecule has 1 aromatic heterocycles. The fourth-order valence-corrected chi connectivity index (χ4v) is 1.34. The zero-order valence-corrected chi connectivity index (χ0v) is 10.1. The van der Waals surface area contributed by atoms with Crippen LogP contribution in [0.5, 0.6) is 0 Å². The highest BCUT2D eigenvalue weighted by Crippen LogP contribution is 2.07. The second kappa shape index (κ2) is 5.93. The van der Waals surface area contributed by atoms with Crippen molar-refractivity contribution in [2.75, 3.05) is 6.54 Å². The molecule has 0 aromatic carbocycles. The largest absolute Gasteiger partial charge is 0.468 e. The van der Waals surface area contributed by atoms with E-state index in [1.165, 1.54) is 5.56 Å². The van der Waals surface area contributed by atoms with Gasteiger partial charge >= 0.3 is 0 Å². The average Bonchev–Trinajstić information content (AvgIpc) is 2.58. The van der Waals surface area contributed by atoms with Gasteiger partial charge < -0.3 is 15.1 Å². The van der Waals surface area contributed by atoms with Crippen LogP contribution in [0.2, 0.25) is 0 Å². The van der Waals surface area contributed by atoms with Crippen molar-refractivity contribution in [1.82, 2.24) is 10.6 Å². The van der Waals surface area contributed by atoms with E-state index in [9.17, 15) is 0 Å². The molecule has 0 aliphatic heterocycles. The number of nitrogens with one attached hydrogen (secondary N) is 2. The Balaban J connectivity index is 2.22. The van der Waals surface area contributed by atoms with E-state index < -0.39 is 0 Å². The van der Waals surface area contributed by atoms with Gasteiger partial charge in [0.05, 0.1) is 12.8 Å². The molecule has 0 saturated heterocycles. The Kier molecular flexibility index (Phi) is 4.85. The molecular weight excluding hydrogens is 188 g/mol. The van der Waals surface area contributed by atoms with Crippen molar-refractivity contribution in [2.45, 2.75) is 46.3 Å². The molecule has 1 aromatic rings. The molecule has 0 aliphatic rings. The first kappa shape index (κ1) is 12.3. The van der Waals surface area contributed by atoms with Crippen LogP contribution in [0.15, 0.2) is 16.7 Å². The summed E-state index contributed by atoms with van der Waals surface area (Å²) in [4.78, 5) is 0. The van der Waals surface area contributed by atoms with E-state index in [0.29, 0.717) is 12.1 Å². The first-order chi connectivity index (χ1) is 7.09. The van der Waals surface area contributed by atoms with E-state index >= 15 is 0 Å². The van der Waals surface area contributed by atoms with Crippen LogP contribution in [0.4, 0.5) is 0 Å². The van der Waals surface area contributed by atoms with E-state index in [0.717, 1.165) is 18.8 Å². The maximum Gasteiger partial charge on any atom is 0.120 e. The molecule has 0 saturated carbocycles. The Labute approximate surface area is 92.2 Å². The van der Waals surface area contributed by atoms with Crippen molar-refractivity contribution >= 4 is 0 Å². The van der Waals surface area contributed by atoms with Crippen LogP contribution in [0, 0.1) is 6.92 Å². The first-order valence-corrected chi connectivity index (χ1v) is 5.59. The summed E-state index contributed by atoms with van der Waals surface area (Å²) in [6, 6.07) is 2.99. The highest BCUT2D eigenvalue weighted by atomic mass is 16.3. The van der Waals surface area contributed by atoms with Crippen LogP contribution in [-0.2, 0) is 6.54 Å². The lowest BCUT2D eigenvalue weighted by Gasteiger charge is -2.16. The van der Waals surface area contributed by atoms with Gasteiger partial charge in [0.1, 0.15) is 5.76 Å². The van der Waals surface area contributed by atoms with Gasteiger partial charge in [0, 0.05) is 18.6 Å². The second-order valence-corrected chi connectivity index (χ2v) is 4.37. The van der Waals surface area contributed by atoms with Gasteiger partial charge in [-0.1, -0.05) is 13.8 Å². The molecule has 0 aliphatic carbocycles.